The fourth-order valence-corrected chi connectivity index (χ4v) is 2.65. The van der Waals surface area contributed by atoms with Gasteiger partial charge >= 0.3 is 5.51 Å². The van der Waals surface area contributed by atoms with Gasteiger partial charge in [-0.3, -0.25) is 0 Å². The third-order valence-corrected chi connectivity index (χ3v) is 4.91. The summed E-state index contributed by atoms with van der Waals surface area (Å²) in [6, 6.07) is 11.8. The Bertz CT molecular complexity index is 1420. The number of pyridine rings is 1. The lowest BCUT2D eigenvalue weighted by atomic mass is 10.1. The van der Waals surface area contributed by atoms with Gasteiger partial charge in [0.2, 0.25) is 0 Å². The summed E-state index contributed by atoms with van der Waals surface area (Å²) in [5.74, 6) is 13.3. The second-order valence-corrected chi connectivity index (χ2v) is 8.52. The number of alkyl halides is 3. The molecule has 3 aromatic rings. The minimum atomic E-state index is -6.09. The maximum atomic E-state index is 10.7. The second-order valence-electron chi connectivity index (χ2n) is 7.15. The minimum Gasteiger partial charge on any atom is -0.741 e. The zero-order chi connectivity index (χ0) is 27.8. The maximum Gasteiger partial charge on any atom is 0.485 e. The molecule has 2 aromatic carbocycles. The first-order valence-corrected chi connectivity index (χ1v) is 11.4. The van der Waals surface area contributed by atoms with Gasteiger partial charge in [0.15, 0.2) is 45.5 Å². The molecule has 0 unspecified atom stereocenters. The number of hydrogen-bond donors (Lipinski definition) is 2. The van der Waals surface area contributed by atoms with Crippen LogP contribution in [-0.4, -0.2) is 42.9 Å². The Balaban J connectivity index is 0.000000521. The van der Waals surface area contributed by atoms with E-state index in [9.17, 15) is 23.4 Å². The van der Waals surface area contributed by atoms with Gasteiger partial charge in [-0.1, -0.05) is 23.7 Å². The number of phenolic OH excluding ortho intramolecular Hbond substituents is 2. The summed E-state index contributed by atoms with van der Waals surface area (Å²) in [7, 11) is -1.19. The highest BCUT2D eigenvalue weighted by atomic mass is 32.2. The van der Waals surface area contributed by atoms with Crippen molar-refractivity contribution in [3.63, 3.8) is 0 Å². The lowest BCUT2D eigenvalue weighted by molar-refractivity contribution is -0.671. The third-order valence-electron chi connectivity index (χ3n) is 4.34. The van der Waals surface area contributed by atoms with E-state index >= 15 is 0 Å². The zero-order valence-electron chi connectivity index (χ0n) is 19.6. The molecular formula is C25H20F3NO7S. The van der Waals surface area contributed by atoms with Crippen LogP contribution in [-0.2, 0) is 17.2 Å². The molecule has 1 aromatic heterocycles. The molecule has 0 aliphatic rings. The summed E-state index contributed by atoms with van der Waals surface area (Å²) < 4.78 is 71.0. The predicted molar refractivity (Wildman–Crippen MR) is 125 cm³/mol. The van der Waals surface area contributed by atoms with Crippen molar-refractivity contribution in [3.05, 3.63) is 77.1 Å². The predicted octanol–water partition coefficient (Wildman–Crippen LogP) is 2.79. The topological polar surface area (TPSA) is 120 Å². The molecule has 0 fully saturated rings. The molecular weight excluding hydrogens is 515 g/mol. The molecule has 2 N–H and O–H groups in total. The standard InChI is InChI=1S/C24H19NO4.CHF3O3S/c1-25-15-19(6-4-17-8-10-21(26)23(13-17)28-2)12-20(16-25)7-5-18-9-11-22(27)24(14-18)29-3;2-1(3,4)8(5,6)7/h8-16H,1-3H3,(H-,26,27);(H,5,6,7). The van der Waals surface area contributed by atoms with Gasteiger partial charge in [0.05, 0.1) is 25.3 Å². The van der Waals surface area contributed by atoms with Crippen LogP contribution < -0.4 is 14.0 Å². The number of methoxy groups -OCH3 is 2. The Hall–Kier alpha value is -4.39. The van der Waals surface area contributed by atoms with Crippen LogP contribution in [0.5, 0.6) is 23.0 Å². The van der Waals surface area contributed by atoms with E-state index in [1.807, 2.05) is 30.1 Å². The molecule has 0 amide bonds. The number of aryl methyl sites for hydroxylation is 1. The smallest absolute Gasteiger partial charge is 0.485 e. The number of halogens is 3. The maximum absolute atomic E-state index is 10.7. The van der Waals surface area contributed by atoms with Crippen molar-refractivity contribution in [2.75, 3.05) is 14.2 Å². The molecule has 8 nitrogen and oxygen atoms in total. The Morgan fingerprint density at radius 2 is 1.14 bits per heavy atom. The van der Waals surface area contributed by atoms with E-state index in [-0.39, 0.29) is 11.5 Å². The molecule has 0 aliphatic carbocycles. The number of benzene rings is 2. The molecule has 0 radical (unpaired) electrons. The van der Waals surface area contributed by atoms with E-state index in [4.69, 9.17) is 22.4 Å². The van der Waals surface area contributed by atoms with Gasteiger partial charge in [0.1, 0.15) is 7.05 Å². The van der Waals surface area contributed by atoms with Crippen LogP contribution in [0, 0.1) is 23.7 Å². The molecule has 1 heterocycles. The quantitative estimate of drug-likeness (QED) is 0.224. The number of phenols is 2. The van der Waals surface area contributed by atoms with Crippen LogP contribution >= 0.6 is 0 Å². The Labute approximate surface area is 211 Å². The normalized spacial score (nSPS) is 10.6. The summed E-state index contributed by atoms with van der Waals surface area (Å²) in [5.41, 5.74) is -2.58. The van der Waals surface area contributed by atoms with Crippen molar-refractivity contribution in [1.82, 2.24) is 0 Å². The van der Waals surface area contributed by atoms with E-state index in [2.05, 4.69) is 23.7 Å². The fraction of sp³-hybridized carbons (Fsp3) is 0.160. The van der Waals surface area contributed by atoms with Crippen molar-refractivity contribution in [2.45, 2.75) is 5.51 Å². The van der Waals surface area contributed by atoms with Gasteiger partial charge < -0.3 is 24.2 Å². The minimum absolute atomic E-state index is 0.0765. The first-order valence-electron chi connectivity index (χ1n) is 10.0. The molecule has 0 saturated carbocycles. The molecule has 3 rings (SSSR count). The zero-order valence-corrected chi connectivity index (χ0v) is 20.4. The van der Waals surface area contributed by atoms with Crippen LogP contribution in [0.2, 0.25) is 0 Å². The van der Waals surface area contributed by atoms with Gasteiger partial charge in [-0.05, 0) is 42.5 Å². The lowest BCUT2D eigenvalue weighted by Gasteiger charge is -2.08. The van der Waals surface area contributed by atoms with E-state index in [1.54, 1.807) is 36.4 Å². The van der Waals surface area contributed by atoms with E-state index in [0.29, 0.717) is 11.5 Å². The van der Waals surface area contributed by atoms with E-state index < -0.39 is 15.6 Å². The Morgan fingerprint density at radius 3 is 1.46 bits per heavy atom. The van der Waals surface area contributed by atoms with Gasteiger partial charge in [-0.15, -0.1) is 0 Å². The van der Waals surface area contributed by atoms with Gasteiger partial charge in [-0.25, -0.2) is 13.0 Å². The fourth-order valence-electron chi connectivity index (χ4n) is 2.65. The monoisotopic (exact) mass is 535 g/mol. The number of aromatic nitrogens is 1. The summed E-state index contributed by atoms with van der Waals surface area (Å²) in [6.45, 7) is 0. The van der Waals surface area contributed by atoms with Crippen molar-refractivity contribution in [1.29, 1.82) is 0 Å². The van der Waals surface area contributed by atoms with Crippen molar-refractivity contribution >= 4 is 10.1 Å². The third kappa shape index (κ3) is 8.65. The molecule has 0 aliphatic heterocycles. The first kappa shape index (κ1) is 28.8. The highest BCUT2D eigenvalue weighted by molar-refractivity contribution is 7.86. The number of rotatable bonds is 2. The van der Waals surface area contributed by atoms with E-state index in [1.165, 1.54) is 14.2 Å². The number of hydrogen-bond acceptors (Lipinski definition) is 7. The number of aromatic hydroxyl groups is 2. The van der Waals surface area contributed by atoms with Crippen molar-refractivity contribution in [3.8, 4) is 46.7 Å². The summed E-state index contributed by atoms with van der Waals surface area (Å²) in [4.78, 5) is 0. The summed E-state index contributed by atoms with van der Waals surface area (Å²) in [5, 5.41) is 19.4. The average Bonchev–Trinajstić information content (AvgIpc) is 2.82. The molecule has 0 atom stereocenters. The van der Waals surface area contributed by atoms with Crippen LogP contribution in [0.1, 0.15) is 22.3 Å². The number of ether oxygens (including phenoxy) is 2. The van der Waals surface area contributed by atoms with Gasteiger partial charge in [0.25, 0.3) is 0 Å². The van der Waals surface area contributed by atoms with Crippen LogP contribution in [0.15, 0.2) is 54.9 Å². The van der Waals surface area contributed by atoms with Gasteiger partial charge in [0, 0.05) is 11.1 Å². The molecule has 37 heavy (non-hydrogen) atoms. The SMILES string of the molecule is COc1cc(C#Cc2cc(C#Cc3ccc(O)c(OC)c3)c[n+](C)c2)ccc1O.O=S(=O)([O-])C(F)(F)F. The lowest BCUT2D eigenvalue weighted by Crippen LogP contribution is -2.27. The first-order chi connectivity index (χ1) is 17.2. The van der Waals surface area contributed by atoms with Crippen LogP contribution in [0.25, 0.3) is 0 Å². The molecule has 0 spiro atoms. The summed E-state index contributed by atoms with van der Waals surface area (Å²) >= 11 is 0. The molecule has 0 saturated heterocycles. The van der Waals surface area contributed by atoms with Crippen LogP contribution in [0.3, 0.4) is 0 Å². The molecule has 194 valence electrons. The number of nitrogens with zero attached hydrogens (tertiary/aromatic N) is 1. The largest absolute Gasteiger partial charge is 0.741 e. The van der Waals surface area contributed by atoms with Gasteiger partial charge in [-0.2, -0.15) is 13.2 Å². The Morgan fingerprint density at radius 1 is 0.784 bits per heavy atom. The molecule has 12 heteroatoms. The summed E-state index contributed by atoms with van der Waals surface area (Å²) in [6.07, 6.45) is 3.80. The molecule has 0 bridgehead atoms. The van der Waals surface area contributed by atoms with Crippen LogP contribution in [0.4, 0.5) is 13.2 Å². The highest BCUT2D eigenvalue weighted by Crippen LogP contribution is 2.26. The highest BCUT2D eigenvalue weighted by Gasteiger charge is 2.36. The average molecular weight is 535 g/mol. The van der Waals surface area contributed by atoms with Crippen molar-refractivity contribution in [2.24, 2.45) is 7.05 Å². The second kappa shape index (κ2) is 12.0. The van der Waals surface area contributed by atoms with E-state index in [0.717, 1.165) is 22.3 Å². The Kier molecular flexibility index (Phi) is 9.38. The van der Waals surface area contributed by atoms with Crippen molar-refractivity contribution < 1.29 is 50.4 Å².